The Labute approximate surface area is 235 Å². The van der Waals surface area contributed by atoms with E-state index in [9.17, 15) is 14.4 Å². The Balaban J connectivity index is 1.33. The summed E-state index contributed by atoms with van der Waals surface area (Å²) in [4.78, 5) is 37.7. The van der Waals surface area contributed by atoms with Gasteiger partial charge in [0.1, 0.15) is 19.0 Å². The van der Waals surface area contributed by atoms with Gasteiger partial charge in [0.05, 0.1) is 25.5 Å². The van der Waals surface area contributed by atoms with E-state index in [1.807, 2.05) is 0 Å². The van der Waals surface area contributed by atoms with Crippen LogP contribution in [0, 0.1) is 0 Å². The van der Waals surface area contributed by atoms with E-state index < -0.39 is 23.9 Å². The molecule has 0 aliphatic carbocycles. The average Bonchev–Trinajstić information content (AvgIpc) is 2.96. The lowest BCUT2D eigenvalue weighted by molar-refractivity contribution is -0.123. The lowest BCUT2D eigenvalue weighted by Crippen LogP contribution is -2.30. The van der Waals surface area contributed by atoms with Crippen LogP contribution in [0.5, 0.6) is 28.7 Å². The zero-order valence-corrected chi connectivity index (χ0v) is 22.7. The molecule has 0 bridgehead atoms. The largest absolute Gasteiger partial charge is 0.495 e. The first-order chi connectivity index (χ1) is 19.3. The van der Waals surface area contributed by atoms with E-state index in [-0.39, 0.29) is 23.7 Å². The molecule has 0 spiro atoms. The van der Waals surface area contributed by atoms with Gasteiger partial charge in [-0.05, 0) is 55.5 Å². The van der Waals surface area contributed by atoms with Gasteiger partial charge in [0.2, 0.25) is 0 Å². The number of anilines is 2. The fourth-order valence-electron chi connectivity index (χ4n) is 3.67. The molecular formula is C28H27ClN2O9. The van der Waals surface area contributed by atoms with Crippen molar-refractivity contribution >= 4 is 40.8 Å². The number of benzene rings is 3. The number of halogens is 1. The highest BCUT2D eigenvalue weighted by Gasteiger charge is 2.22. The summed E-state index contributed by atoms with van der Waals surface area (Å²) in [5.74, 6) is 0.209. The van der Waals surface area contributed by atoms with Gasteiger partial charge in [0.25, 0.3) is 11.8 Å². The van der Waals surface area contributed by atoms with Crippen LogP contribution in [-0.2, 0) is 14.3 Å². The number of methoxy groups -OCH3 is 2. The number of esters is 1. The van der Waals surface area contributed by atoms with Crippen molar-refractivity contribution in [2.45, 2.75) is 13.0 Å². The third-order valence-electron chi connectivity index (χ3n) is 5.66. The molecule has 1 aliphatic rings. The molecule has 1 aliphatic heterocycles. The summed E-state index contributed by atoms with van der Waals surface area (Å²) in [5.41, 5.74) is 0.982. The number of rotatable bonds is 10. The molecule has 3 aromatic carbocycles. The normalized spacial score (nSPS) is 12.5. The molecule has 2 amide bonds. The SMILES string of the molecule is COc1ccc(Cl)cc1NC(=O)COc1ccc(C(=O)O[C@@H](C)C(=O)Nc2ccc3c(c2)OCCO3)cc1OC. The fourth-order valence-corrected chi connectivity index (χ4v) is 3.84. The van der Waals surface area contributed by atoms with Crippen molar-refractivity contribution < 1.29 is 42.8 Å². The van der Waals surface area contributed by atoms with Crippen LogP contribution in [0.15, 0.2) is 54.6 Å². The summed E-state index contributed by atoms with van der Waals surface area (Å²) in [6.45, 7) is 1.97. The van der Waals surface area contributed by atoms with E-state index in [1.165, 1.54) is 39.3 Å². The monoisotopic (exact) mass is 570 g/mol. The Morgan fingerprint density at radius 1 is 0.875 bits per heavy atom. The van der Waals surface area contributed by atoms with Crippen molar-refractivity contribution in [3.05, 3.63) is 65.2 Å². The second kappa shape index (κ2) is 12.9. The summed E-state index contributed by atoms with van der Waals surface area (Å²) in [6.07, 6.45) is -1.10. The van der Waals surface area contributed by atoms with Gasteiger partial charge in [-0.1, -0.05) is 11.6 Å². The van der Waals surface area contributed by atoms with Crippen LogP contribution in [0.2, 0.25) is 5.02 Å². The summed E-state index contributed by atoms with van der Waals surface area (Å²) in [6, 6.07) is 14.1. The molecule has 0 fully saturated rings. The Morgan fingerprint density at radius 2 is 1.60 bits per heavy atom. The van der Waals surface area contributed by atoms with Gasteiger partial charge in [0.15, 0.2) is 35.7 Å². The van der Waals surface area contributed by atoms with Crippen molar-refractivity contribution in [3.63, 3.8) is 0 Å². The van der Waals surface area contributed by atoms with Crippen molar-refractivity contribution in [3.8, 4) is 28.7 Å². The molecule has 210 valence electrons. The standard InChI is InChI=1S/C28H27ClN2O9/c1-16(27(33)30-19-6-9-23-25(14-19)38-11-10-37-23)40-28(34)17-4-7-22(24(12-17)36-3)39-15-26(32)31-20-13-18(29)5-8-21(20)35-2/h4-9,12-14,16H,10-11,15H2,1-3H3,(H,30,33)(H,31,32)/t16-/m0/s1. The van der Waals surface area contributed by atoms with Gasteiger partial charge in [-0.15, -0.1) is 0 Å². The molecule has 0 saturated carbocycles. The maximum Gasteiger partial charge on any atom is 0.339 e. The Bertz CT molecular complexity index is 1410. The number of fused-ring (bicyclic) bond motifs is 1. The first-order valence-corrected chi connectivity index (χ1v) is 12.5. The summed E-state index contributed by atoms with van der Waals surface area (Å²) in [5, 5.41) is 5.78. The number of hydrogen-bond donors (Lipinski definition) is 2. The molecule has 4 rings (SSSR count). The number of carbonyl (C=O) groups excluding carboxylic acids is 3. The molecule has 12 heteroatoms. The van der Waals surface area contributed by atoms with Crippen LogP contribution < -0.4 is 34.3 Å². The topological polar surface area (TPSA) is 131 Å². The smallest absolute Gasteiger partial charge is 0.339 e. The lowest BCUT2D eigenvalue weighted by Gasteiger charge is -2.19. The molecule has 40 heavy (non-hydrogen) atoms. The predicted octanol–water partition coefficient (Wildman–Crippen LogP) is 4.33. The van der Waals surface area contributed by atoms with E-state index >= 15 is 0 Å². The van der Waals surface area contributed by atoms with Gasteiger partial charge < -0.3 is 39.1 Å². The minimum absolute atomic E-state index is 0.122. The third-order valence-corrected chi connectivity index (χ3v) is 5.89. The average molecular weight is 571 g/mol. The van der Waals surface area contributed by atoms with Crippen molar-refractivity contribution in [1.29, 1.82) is 0 Å². The fraction of sp³-hybridized carbons (Fsp3) is 0.250. The van der Waals surface area contributed by atoms with Gasteiger partial charge in [-0.3, -0.25) is 9.59 Å². The summed E-state index contributed by atoms with van der Waals surface area (Å²) < 4.78 is 32.4. The maximum atomic E-state index is 12.7. The van der Waals surface area contributed by atoms with Gasteiger partial charge >= 0.3 is 5.97 Å². The number of hydrogen-bond acceptors (Lipinski definition) is 9. The molecule has 2 N–H and O–H groups in total. The summed E-state index contributed by atoms with van der Waals surface area (Å²) >= 11 is 6.00. The zero-order valence-electron chi connectivity index (χ0n) is 21.9. The number of amides is 2. The van der Waals surface area contributed by atoms with E-state index in [2.05, 4.69) is 10.6 Å². The first kappa shape index (κ1) is 28.4. The summed E-state index contributed by atoms with van der Waals surface area (Å²) in [7, 11) is 2.86. The van der Waals surface area contributed by atoms with Crippen molar-refractivity contribution in [2.24, 2.45) is 0 Å². The van der Waals surface area contributed by atoms with Gasteiger partial charge in [-0.25, -0.2) is 4.79 Å². The highest BCUT2D eigenvalue weighted by molar-refractivity contribution is 6.31. The highest BCUT2D eigenvalue weighted by atomic mass is 35.5. The lowest BCUT2D eigenvalue weighted by atomic mass is 10.2. The minimum atomic E-state index is -1.10. The molecule has 0 aromatic heterocycles. The van der Waals surface area contributed by atoms with Gasteiger partial charge in [0, 0.05) is 16.8 Å². The zero-order chi connectivity index (χ0) is 28.6. The van der Waals surface area contributed by atoms with Crippen molar-refractivity contribution in [1.82, 2.24) is 0 Å². The van der Waals surface area contributed by atoms with Crippen LogP contribution in [0.1, 0.15) is 17.3 Å². The molecule has 1 heterocycles. The number of ether oxygens (including phenoxy) is 6. The molecule has 11 nitrogen and oxygen atoms in total. The van der Waals surface area contributed by atoms with Crippen LogP contribution in [0.3, 0.4) is 0 Å². The Kier molecular flexibility index (Phi) is 9.18. The van der Waals surface area contributed by atoms with Crippen LogP contribution >= 0.6 is 11.6 Å². The van der Waals surface area contributed by atoms with Crippen molar-refractivity contribution in [2.75, 3.05) is 44.7 Å². The van der Waals surface area contributed by atoms with E-state index in [0.29, 0.717) is 46.9 Å². The Morgan fingerprint density at radius 3 is 2.35 bits per heavy atom. The van der Waals surface area contributed by atoms with Crippen LogP contribution in [0.25, 0.3) is 0 Å². The second-order valence-corrected chi connectivity index (χ2v) is 8.88. The molecular weight excluding hydrogens is 544 g/mol. The Hall–Kier alpha value is -4.64. The van der Waals surface area contributed by atoms with E-state index in [4.69, 9.17) is 40.0 Å². The first-order valence-electron chi connectivity index (χ1n) is 12.1. The van der Waals surface area contributed by atoms with Gasteiger partial charge in [-0.2, -0.15) is 0 Å². The van der Waals surface area contributed by atoms with Crippen LogP contribution in [0.4, 0.5) is 11.4 Å². The third kappa shape index (κ3) is 7.06. The van der Waals surface area contributed by atoms with E-state index in [1.54, 1.807) is 36.4 Å². The maximum absolute atomic E-state index is 12.7. The minimum Gasteiger partial charge on any atom is -0.495 e. The molecule has 1 atom stereocenters. The number of nitrogens with one attached hydrogen (secondary N) is 2. The quantitative estimate of drug-likeness (QED) is 0.342. The highest BCUT2D eigenvalue weighted by Crippen LogP contribution is 2.33. The molecule has 0 unspecified atom stereocenters. The molecule has 3 aromatic rings. The van der Waals surface area contributed by atoms with Crippen LogP contribution in [-0.4, -0.2) is 57.9 Å². The second-order valence-electron chi connectivity index (χ2n) is 8.44. The molecule has 0 radical (unpaired) electrons. The predicted molar refractivity (Wildman–Crippen MR) is 146 cm³/mol. The van der Waals surface area contributed by atoms with E-state index in [0.717, 1.165) is 0 Å². The number of carbonyl (C=O) groups is 3. The molecule has 0 saturated heterocycles.